The molecule has 6 nitrogen and oxygen atoms in total. The van der Waals surface area contributed by atoms with Crippen LogP contribution < -0.4 is 9.64 Å². The molecular formula is C21H14F3NO5S. The van der Waals surface area contributed by atoms with Crippen molar-refractivity contribution in [2.24, 2.45) is 0 Å². The average Bonchev–Trinajstić information content (AvgIpc) is 3.42. The number of carbonyl (C=O) groups is 2. The summed E-state index contributed by atoms with van der Waals surface area (Å²) in [5, 5.41) is 12.2. The standard InChI is InChI=1S/C21H14F3NO5S/c1-11-4-9-14(29-11)17-16(18(26)15-3-2-10-31-15)19(27)20(28)25(17)12-5-7-13(8-6-12)30-21(22,23)24/h2-10,17,27H,1H3. The lowest BCUT2D eigenvalue weighted by Gasteiger charge is -2.25. The molecule has 10 heteroatoms. The normalized spacial score (nSPS) is 16.8. The summed E-state index contributed by atoms with van der Waals surface area (Å²) in [6, 6.07) is 9.88. The molecule has 3 aromatic rings. The maximum atomic E-state index is 13.1. The van der Waals surface area contributed by atoms with E-state index in [1.165, 1.54) is 12.1 Å². The molecule has 0 aliphatic carbocycles. The van der Waals surface area contributed by atoms with Gasteiger partial charge in [-0.2, -0.15) is 0 Å². The van der Waals surface area contributed by atoms with E-state index >= 15 is 0 Å². The largest absolute Gasteiger partial charge is 0.573 e. The minimum absolute atomic E-state index is 0.152. The quantitative estimate of drug-likeness (QED) is 0.533. The lowest BCUT2D eigenvalue weighted by atomic mass is 10.00. The van der Waals surface area contributed by atoms with Crippen LogP contribution in [0.1, 0.15) is 27.2 Å². The molecule has 31 heavy (non-hydrogen) atoms. The molecule has 1 atom stereocenters. The number of aliphatic hydroxyl groups excluding tert-OH is 1. The number of thiophene rings is 1. The van der Waals surface area contributed by atoms with E-state index in [-0.39, 0.29) is 17.0 Å². The van der Waals surface area contributed by atoms with Crippen LogP contribution in [0.3, 0.4) is 0 Å². The van der Waals surface area contributed by atoms with Crippen molar-refractivity contribution >= 4 is 28.7 Å². The molecule has 1 N–H and O–H groups in total. The van der Waals surface area contributed by atoms with Gasteiger partial charge in [-0.25, -0.2) is 0 Å². The number of rotatable bonds is 5. The highest BCUT2D eigenvalue weighted by Crippen LogP contribution is 2.43. The van der Waals surface area contributed by atoms with Gasteiger partial charge in [0.25, 0.3) is 5.91 Å². The summed E-state index contributed by atoms with van der Waals surface area (Å²) in [7, 11) is 0. The summed E-state index contributed by atoms with van der Waals surface area (Å²) in [6.07, 6.45) is -4.86. The van der Waals surface area contributed by atoms with Gasteiger partial charge in [0.2, 0.25) is 5.78 Å². The summed E-state index contributed by atoms with van der Waals surface area (Å²) in [5.41, 5.74) is -0.0171. The van der Waals surface area contributed by atoms with Gasteiger partial charge in [0.15, 0.2) is 5.76 Å². The van der Waals surface area contributed by atoms with Gasteiger partial charge in [0.1, 0.15) is 23.3 Å². The predicted molar refractivity (Wildman–Crippen MR) is 105 cm³/mol. The number of carbonyl (C=O) groups excluding carboxylic acids is 2. The molecule has 1 unspecified atom stereocenters. The van der Waals surface area contributed by atoms with Crippen LogP contribution in [-0.4, -0.2) is 23.2 Å². The molecule has 0 radical (unpaired) electrons. The van der Waals surface area contributed by atoms with Crippen LogP contribution in [0.25, 0.3) is 0 Å². The minimum atomic E-state index is -4.86. The van der Waals surface area contributed by atoms with Gasteiger partial charge in [-0.3, -0.25) is 14.5 Å². The number of anilines is 1. The van der Waals surface area contributed by atoms with Crippen LogP contribution in [0.15, 0.2) is 69.7 Å². The molecule has 0 saturated carbocycles. The van der Waals surface area contributed by atoms with Crippen molar-refractivity contribution in [3.63, 3.8) is 0 Å². The first-order chi connectivity index (χ1) is 14.7. The highest BCUT2D eigenvalue weighted by atomic mass is 32.1. The molecule has 0 bridgehead atoms. The maximum Gasteiger partial charge on any atom is 0.573 e. The van der Waals surface area contributed by atoms with E-state index in [0.29, 0.717) is 10.6 Å². The van der Waals surface area contributed by atoms with Gasteiger partial charge in [-0.05, 0) is 54.8 Å². The predicted octanol–water partition coefficient (Wildman–Crippen LogP) is 5.33. The molecule has 1 aromatic carbocycles. The van der Waals surface area contributed by atoms with Crippen LogP contribution >= 0.6 is 11.3 Å². The Kier molecular flexibility index (Phi) is 5.10. The third-order valence-corrected chi connectivity index (χ3v) is 5.45. The number of furan rings is 1. The number of hydrogen-bond donors (Lipinski definition) is 1. The zero-order chi connectivity index (χ0) is 22.3. The van der Waals surface area contributed by atoms with Crippen molar-refractivity contribution < 1.29 is 37.0 Å². The van der Waals surface area contributed by atoms with Crippen LogP contribution in [0.2, 0.25) is 0 Å². The Morgan fingerprint density at radius 3 is 2.42 bits per heavy atom. The third-order valence-electron chi connectivity index (χ3n) is 4.58. The van der Waals surface area contributed by atoms with Crippen molar-refractivity contribution in [2.45, 2.75) is 19.3 Å². The van der Waals surface area contributed by atoms with Gasteiger partial charge in [-0.15, -0.1) is 24.5 Å². The van der Waals surface area contributed by atoms with Crippen molar-refractivity contribution in [3.8, 4) is 5.75 Å². The Hall–Kier alpha value is -3.53. The smallest absolute Gasteiger partial charge is 0.503 e. The second-order valence-electron chi connectivity index (χ2n) is 6.64. The van der Waals surface area contributed by atoms with E-state index in [1.807, 2.05) is 0 Å². The second-order valence-corrected chi connectivity index (χ2v) is 7.58. The van der Waals surface area contributed by atoms with Crippen molar-refractivity contribution in [3.05, 3.63) is 81.6 Å². The highest BCUT2D eigenvalue weighted by molar-refractivity contribution is 7.12. The molecule has 160 valence electrons. The van der Waals surface area contributed by atoms with Crippen molar-refractivity contribution in [2.75, 3.05) is 4.90 Å². The highest BCUT2D eigenvalue weighted by Gasteiger charge is 2.46. The first-order valence-electron chi connectivity index (χ1n) is 8.93. The first-order valence-corrected chi connectivity index (χ1v) is 9.80. The summed E-state index contributed by atoms with van der Waals surface area (Å²) in [4.78, 5) is 27.4. The number of alkyl halides is 3. The van der Waals surface area contributed by atoms with Crippen LogP contribution in [0.4, 0.5) is 18.9 Å². The summed E-state index contributed by atoms with van der Waals surface area (Å²) in [5.74, 6) is -1.88. The Labute approximate surface area is 177 Å². The molecule has 3 heterocycles. The molecule has 2 aromatic heterocycles. The molecular weight excluding hydrogens is 435 g/mol. The molecule has 4 rings (SSSR count). The van der Waals surface area contributed by atoms with Crippen molar-refractivity contribution in [1.29, 1.82) is 0 Å². The van der Waals surface area contributed by atoms with Crippen LogP contribution in [0, 0.1) is 6.92 Å². The van der Waals surface area contributed by atoms with E-state index in [1.54, 1.807) is 36.6 Å². The van der Waals surface area contributed by atoms with Gasteiger partial charge in [0, 0.05) is 5.69 Å². The molecule has 1 aliphatic heterocycles. The van der Waals surface area contributed by atoms with E-state index in [4.69, 9.17) is 4.42 Å². The number of amides is 1. The maximum absolute atomic E-state index is 13.1. The number of ether oxygens (including phenoxy) is 1. The lowest BCUT2D eigenvalue weighted by Crippen LogP contribution is -2.30. The average molecular weight is 449 g/mol. The van der Waals surface area contributed by atoms with E-state index in [2.05, 4.69) is 4.74 Å². The fourth-order valence-electron chi connectivity index (χ4n) is 3.32. The fourth-order valence-corrected chi connectivity index (χ4v) is 4.00. The lowest BCUT2D eigenvalue weighted by molar-refractivity contribution is -0.274. The number of halogens is 3. The summed E-state index contributed by atoms with van der Waals surface area (Å²) in [6.45, 7) is 1.68. The monoisotopic (exact) mass is 449 g/mol. The van der Waals surface area contributed by atoms with Crippen LogP contribution in [-0.2, 0) is 4.79 Å². The van der Waals surface area contributed by atoms with Crippen molar-refractivity contribution in [1.82, 2.24) is 0 Å². The van der Waals surface area contributed by atoms with Crippen LogP contribution in [0.5, 0.6) is 5.75 Å². The van der Waals surface area contributed by atoms with Gasteiger partial charge in [-0.1, -0.05) is 6.07 Å². The molecule has 1 amide bonds. The number of nitrogens with zero attached hydrogens (tertiary/aromatic N) is 1. The summed E-state index contributed by atoms with van der Waals surface area (Å²) >= 11 is 1.15. The van der Waals surface area contributed by atoms with E-state index in [9.17, 15) is 27.9 Å². The number of hydrogen-bond acceptors (Lipinski definition) is 6. The topological polar surface area (TPSA) is 80.0 Å². The van der Waals surface area contributed by atoms with E-state index in [0.717, 1.165) is 28.4 Å². The SMILES string of the molecule is Cc1ccc(C2C(C(=O)c3cccs3)=C(O)C(=O)N2c2ccc(OC(F)(F)F)cc2)o1. The Balaban J connectivity index is 1.77. The number of ketones is 1. The molecule has 0 saturated heterocycles. The number of benzene rings is 1. The Morgan fingerprint density at radius 2 is 1.87 bits per heavy atom. The fraction of sp³-hybridized carbons (Fsp3) is 0.143. The van der Waals surface area contributed by atoms with Gasteiger partial charge in [0.05, 0.1) is 10.5 Å². The molecule has 0 fully saturated rings. The summed E-state index contributed by atoms with van der Waals surface area (Å²) < 4.78 is 46.8. The second kappa shape index (κ2) is 7.62. The molecule has 0 spiro atoms. The van der Waals surface area contributed by atoms with Gasteiger partial charge < -0.3 is 14.3 Å². The number of aliphatic hydroxyl groups is 1. The number of Topliss-reactive ketones (excluding diaryl/α,β-unsaturated/α-hetero) is 1. The first kappa shape index (κ1) is 20.7. The molecule has 1 aliphatic rings. The van der Waals surface area contributed by atoms with E-state index < -0.39 is 35.6 Å². The third kappa shape index (κ3) is 3.93. The zero-order valence-corrected chi connectivity index (χ0v) is 16.7. The van der Waals surface area contributed by atoms with Gasteiger partial charge >= 0.3 is 6.36 Å². The zero-order valence-electron chi connectivity index (χ0n) is 15.8. The number of aryl methyl sites for hydroxylation is 1. The minimum Gasteiger partial charge on any atom is -0.503 e. The Morgan fingerprint density at radius 1 is 1.16 bits per heavy atom. The Bertz CT molecular complexity index is 1160.